The first-order valence-corrected chi connectivity index (χ1v) is 12.1. The number of aliphatic hydroxyl groups is 1. The van der Waals surface area contributed by atoms with Crippen LogP contribution in [0.5, 0.6) is 0 Å². The monoisotopic (exact) mass is 470 g/mol. The van der Waals surface area contributed by atoms with E-state index in [1.165, 1.54) is 12.1 Å². The Morgan fingerprint density at radius 1 is 1.15 bits per heavy atom. The lowest BCUT2D eigenvalue weighted by Crippen LogP contribution is -2.17. The molecule has 2 atom stereocenters. The highest BCUT2D eigenvalue weighted by molar-refractivity contribution is 7.63. The molecule has 3 rings (SSSR count). The number of benzene rings is 2. The number of aliphatic carboxylic acids is 1. The third-order valence-corrected chi connectivity index (χ3v) is 6.16. The predicted octanol–water partition coefficient (Wildman–Crippen LogP) is 4.22. The Bertz CT molecular complexity index is 1240. The predicted molar refractivity (Wildman–Crippen MR) is 123 cm³/mol. The summed E-state index contributed by atoms with van der Waals surface area (Å²) in [5, 5.41) is 18.5. The van der Waals surface area contributed by atoms with Gasteiger partial charge >= 0.3 is 5.97 Å². The third-order valence-electron chi connectivity index (χ3n) is 4.79. The van der Waals surface area contributed by atoms with Crippen molar-refractivity contribution in [2.45, 2.75) is 32.3 Å². The van der Waals surface area contributed by atoms with Crippen LogP contribution in [0, 0.1) is 17.4 Å². The van der Waals surface area contributed by atoms with E-state index in [2.05, 4.69) is 11.6 Å². The number of carbonyl (C=O) groups is 1. The van der Waals surface area contributed by atoms with Gasteiger partial charge < -0.3 is 15.1 Å². The normalized spacial score (nSPS) is 13.8. The molecular weight excluding hydrogens is 446 g/mol. The van der Waals surface area contributed by atoms with E-state index in [9.17, 15) is 23.7 Å². The van der Waals surface area contributed by atoms with Crippen LogP contribution in [0.25, 0.3) is 17.1 Å². The molecule has 0 saturated heterocycles. The molecule has 0 spiro atoms. The molecule has 2 aromatic carbocycles. The second-order valence-corrected chi connectivity index (χ2v) is 9.87. The fourth-order valence-electron chi connectivity index (χ4n) is 3.32. The van der Waals surface area contributed by atoms with E-state index in [4.69, 9.17) is 10.1 Å². The highest BCUT2D eigenvalue weighted by Crippen LogP contribution is 2.40. The molecule has 3 N–H and O–H groups in total. The lowest BCUT2D eigenvalue weighted by molar-refractivity contribution is -0.138. The first kappa shape index (κ1) is 24.4. The molecule has 0 saturated carbocycles. The number of aromatic nitrogens is 2. The molecule has 0 aliphatic rings. The Morgan fingerprint density at radius 2 is 1.79 bits per heavy atom. The van der Waals surface area contributed by atoms with Crippen molar-refractivity contribution in [3.63, 3.8) is 0 Å². The summed E-state index contributed by atoms with van der Waals surface area (Å²) in [7, 11) is -4.18. The van der Waals surface area contributed by atoms with Gasteiger partial charge in [0, 0.05) is 11.3 Å². The standard InChI is InChI=1S/C24H24FN2O5P/c1-16(2)23-21(12-13-33(31,32)15-20(28)14-22(29)30)27(19-10-8-18(25)9-11-19)24(26-23)17-6-4-3-5-7-17/h3-11,16,20,28H,14-15H2,1-2H3,(H,29,30)(H,31,32)/t20-/m0/s1. The van der Waals surface area contributed by atoms with Crippen molar-refractivity contribution in [2.24, 2.45) is 0 Å². The van der Waals surface area contributed by atoms with Crippen LogP contribution in [0.4, 0.5) is 4.39 Å². The van der Waals surface area contributed by atoms with Gasteiger partial charge in [0.15, 0.2) is 0 Å². The van der Waals surface area contributed by atoms with Crippen molar-refractivity contribution >= 4 is 13.3 Å². The van der Waals surface area contributed by atoms with Gasteiger partial charge in [-0.15, -0.1) is 0 Å². The zero-order chi connectivity index (χ0) is 24.2. The molecule has 0 radical (unpaired) electrons. The minimum atomic E-state index is -4.18. The van der Waals surface area contributed by atoms with Gasteiger partial charge in [-0.05, 0) is 41.8 Å². The van der Waals surface area contributed by atoms with E-state index in [0.29, 0.717) is 22.9 Å². The van der Waals surface area contributed by atoms with Gasteiger partial charge in [0.05, 0.1) is 24.4 Å². The van der Waals surface area contributed by atoms with E-state index in [1.54, 1.807) is 16.7 Å². The van der Waals surface area contributed by atoms with Crippen LogP contribution in [0.3, 0.4) is 0 Å². The van der Waals surface area contributed by atoms with Gasteiger partial charge in [-0.25, -0.2) is 9.37 Å². The Labute approximate surface area is 191 Å². The summed E-state index contributed by atoms with van der Waals surface area (Å²) < 4.78 is 27.9. The van der Waals surface area contributed by atoms with Gasteiger partial charge in [0.2, 0.25) is 0 Å². The second kappa shape index (κ2) is 10.1. The lowest BCUT2D eigenvalue weighted by atomic mass is 10.1. The Morgan fingerprint density at radius 3 is 2.36 bits per heavy atom. The first-order chi connectivity index (χ1) is 15.6. The average molecular weight is 470 g/mol. The van der Waals surface area contributed by atoms with E-state index in [1.807, 2.05) is 44.2 Å². The number of carboxylic acids is 1. The van der Waals surface area contributed by atoms with Gasteiger partial charge in [-0.1, -0.05) is 44.2 Å². The number of nitrogens with zero attached hydrogens (tertiary/aromatic N) is 2. The fourth-order valence-corrected chi connectivity index (χ4v) is 4.39. The van der Waals surface area contributed by atoms with E-state index in [0.717, 1.165) is 5.56 Å². The molecule has 33 heavy (non-hydrogen) atoms. The molecule has 172 valence electrons. The van der Waals surface area contributed by atoms with E-state index >= 15 is 0 Å². The fraction of sp³-hybridized carbons (Fsp3) is 0.250. The summed E-state index contributed by atoms with van der Waals surface area (Å²) in [4.78, 5) is 25.8. The van der Waals surface area contributed by atoms with Gasteiger partial charge in [-0.3, -0.25) is 13.9 Å². The van der Waals surface area contributed by atoms with Gasteiger partial charge in [-0.2, -0.15) is 0 Å². The molecule has 0 aliphatic carbocycles. The Hall–Kier alpha value is -3.24. The average Bonchev–Trinajstić information content (AvgIpc) is 3.12. The quantitative estimate of drug-likeness (QED) is 0.352. The molecule has 1 heterocycles. The summed E-state index contributed by atoms with van der Waals surface area (Å²) in [6.07, 6.45) is -2.83. The summed E-state index contributed by atoms with van der Waals surface area (Å²) in [6, 6.07) is 15.0. The van der Waals surface area contributed by atoms with Crippen LogP contribution in [-0.2, 0) is 9.36 Å². The molecule has 0 fully saturated rings. The van der Waals surface area contributed by atoms with Crippen LogP contribution in [0.15, 0.2) is 54.6 Å². The summed E-state index contributed by atoms with van der Waals surface area (Å²) in [6.45, 7) is 3.82. The van der Waals surface area contributed by atoms with Crippen LogP contribution >= 0.6 is 7.37 Å². The Kier molecular flexibility index (Phi) is 7.50. The maximum absolute atomic E-state index is 13.6. The highest BCUT2D eigenvalue weighted by atomic mass is 31.2. The van der Waals surface area contributed by atoms with E-state index < -0.39 is 37.8 Å². The minimum absolute atomic E-state index is 0.0888. The summed E-state index contributed by atoms with van der Waals surface area (Å²) in [5.74, 6) is 1.51. The summed E-state index contributed by atoms with van der Waals surface area (Å²) >= 11 is 0. The zero-order valence-electron chi connectivity index (χ0n) is 18.1. The topological polar surface area (TPSA) is 113 Å². The number of hydrogen-bond donors (Lipinski definition) is 3. The maximum Gasteiger partial charge on any atom is 0.305 e. The van der Waals surface area contributed by atoms with Crippen molar-refractivity contribution < 1.29 is 28.9 Å². The van der Waals surface area contributed by atoms with Crippen molar-refractivity contribution in [3.8, 4) is 28.7 Å². The van der Waals surface area contributed by atoms with Crippen molar-refractivity contribution in [3.05, 3.63) is 71.8 Å². The summed E-state index contributed by atoms with van der Waals surface area (Å²) in [5.41, 5.74) is 4.62. The van der Waals surface area contributed by atoms with Crippen LogP contribution in [0.2, 0.25) is 0 Å². The highest BCUT2D eigenvalue weighted by Gasteiger charge is 2.24. The number of halogens is 1. The molecule has 0 bridgehead atoms. The number of carboxylic acid groups (broad SMARTS) is 1. The molecule has 9 heteroatoms. The molecule has 0 aliphatic heterocycles. The van der Waals surface area contributed by atoms with Gasteiger partial charge in [0.25, 0.3) is 7.37 Å². The largest absolute Gasteiger partial charge is 0.481 e. The number of aliphatic hydroxyl groups excluding tert-OH is 1. The molecule has 3 aromatic rings. The minimum Gasteiger partial charge on any atom is -0.481 e. The number of hydrogen-bond acceptors (Lipinski definition) is 4. The van der Waals surface area contributed by atoms with Crippen LogP contribution < -0.4 is 0 Å². The molecule has 0 amide bonds. The van der Waals surface area contributed by atoms with Crippen LogP contribution in [-0.4, -0.2) is 42.9 Å². The van der Waals surface area contributed by atoms with Crippen molar-refractivity contribution in [2.75, 3.05) is 6.16 Å². The molecule has 1 aromatic heterocycles. The lowest BCUT2D eigenvalue weighted by Gasteiger charge is -2.11. The Balaban J connectivity index is 2.17. The molecular formula is C24H24FN2O5P. The number of imidazole rings is 1. The molecule has 1 unspecified atom stereocenters. The first-order valence-electron chi connectivity index (χ1n) is 10.3. The maximum atomic E-state index is 13.6. The molecule has 7 nitrogen and oxygen atoms in total. The van der Waals surface area contributed by atoms with Crippen molar-refractivity contribution in [1.82, 2.24) is 9.55 Å². The van der Waals surface area contributed by atoms with Crippen molar-refractivity contribution in [1.29, 1.82) is 0 Å². The van der Waals surface area contributed by atoms with Crippen LogP contribution in [0.1, 0.15) is 37.6 Å². The number of rotatable bonds is 7. The van der Waals surface area contributed by atoms with Gasteiger partial charge in [0.1, 0.15) is 17.3 Å². The zero-order valence-corrected chi connectivity index (χ0v) is 19.0. The third kappa shape index (κ3) is 6.17. The van der Waals surface area contributed by atoms with E-state index in [-0.39, 0.29) is 5.92 Å². The SMILES string of the molecule is CC(C)c1nc(-c2ccccc2)n(-c2ccc(F)cc2)c1C#CP(=O)(O)C[C@@H](O)CC(=O)O. The second-order valence-electron chi connectivity index (χ2n) is 7.87. The smallest absolute Gasteiger partial charge is 0.305 e.